The van der Waals surface area contributed by atoms with Crippen LogP contribution in [0.1, 0.15) is 25.0 Å². The maximum atomic E-state index is 6.18. The second kappa shape index (κ2) is 4.88. The van der Waals surface area contributed by atoms with Crippen LogP contribution in [0.15, 0.2) is 37.1 Å². The van der Waals surface area contributed by atoms with Gasteiger partial charge in [0.25, 0.3) is 0 Å². The Morgan fingerprint density at radius 1 is 1.32 bits per heavy atom. The van der Waals surface area contributed by atoms with Crippen LogP contribution in [-0.2, 0) is 0 Å². The van der Waals surface area contributed by atoms with Gasteiger partial charge in [0.05, 0.1) is 0 Å². The largest absolute Gasteiger partial charge is 0.359 e. The molecule has 1 nitrogen and oxygen atoms in total. The lowest BCUT2D eigenvalue weighted by Crippen LogP contribution is -2.04. The van der Waals surface area contributed by atoms with Crippen molar-refractivity contribution in [3.8, 4) is 0 Å². The SMILES string of the molecule is C=C(C)c1cc(NC(=C)C2C(C)C2(Cl)Cl)ccc1C. The van der Waals surface area contributed by atoms with Crippen molar-refractivity contribution in [1.29, 1.82) is 0 Å². The van der Waals surface area contributed by atoms with E-state index in [1.54, 1.807) is 0 Å². The predicted octanol–water partition coefficient (Wildman–Crippen LogP) is 5.39. The van der Waals surface area contributed by atoms with Crippen LogP contribution in [0.4, 0.5) is 5.69 Å². The number of hydrogen-bond acceptors (Lipinski definition) is 1. The molecule has 19 heavy (non-hydrogen) atoms. The Morgan fingerprint density at radius 2 is 1.89 bits per heavy atom. The summed E-state index contributed by atoms with van der Waals surface area (Å²) < 4.78 is -0.675. The van der Waals surface area contributed by atoms with Gasteiger partial charge in [0.2, 0.25) is 0 Å². The van der Waals surface area contributed by atoms with Crippen LogP contribution in [-0.4, -0.2) is 4.33 Å². The number of nitrogens with one attached hydrogen (secondary N) is 1. The highest BCUT2D eigenvalue weighted by Gasteiger charge is 2.61. The van der Waals surface area contributed by atoms with Crippen molar-refractivity contribution < 1.29 is 0 Å². The smallest absolute Gasteiger partial charge is 0.130 e. The molecule has 0 radical (unpaired) electrons. The molecule has 0 heterocycles. The summed E-state index contributed by atoms with van der Waals surface area (Å²) >= 11 is 12.4. The summed E-state index contributed by atoms with van der Waals surface area (Å²) in [5.41, 5.74) is 5.29. The molecule has 2 rings (SSSR count). The van der Waals surface area contributed by atoms with Crippen LogP contribution >= 0.6 is 23.2 Å². The van der Waals surface area contributed by atoms with Gasteiger partial charge in [0.1, 0.15) is 4.33 Å². The van der Waals surface area contributed by atoms with Crippen molar-refractivity contribution in [2.75, 3.05) is 5.32 Å². The Bertz CT molecular complexity index is 546. The first-order chi connectivity index (χ1) is 8.75. The van der Waals surface area contributed by atoms with Gasteiger partial charge < -0.3 is 5.32 Å². The van der Waals surface area contributed by atoms with E-state index in [4.69, 9.17) is 23.2 Å². The van der Waals surface area contributed by atoms with Crippen molar-refractivity contribution >= 4 is 34.5 Å². The monoisotopic (exact) mass is 295 g/mol. The van der Waals surface area contributed by atoms with Crippen LogP contribution in [0.25, 0.3) is 5.57 Å². The van der Waals surface area contributed by atoms with Crippen molar-refractivity contribution in [3.63, 3.8) is 0 Å². The summed E-state index contributed by atoms with van der Waals surface area (Å²) in [5, 5.41) is 3.31. The molecule has 1 saturated carbocycles. The number of aryl methyl sites for hydroxylation is 1. The van der Waals surface area contributed by atoms with Gasteiger partial charge in [-0.25, -0.2) is 0 Å². The number of halogens is 2. The highest BCUT2D eigenvalue weighted by molar-refractivity contribution is 6.51. The standard InChI is InChI=1S/C16H19Cl2N/c1-9(2)14-8-13(7-6-10(14)3)19-12(5)15-11(4)16(15,17)18/h6-8,11,15,19H,1,5H2,2-4H3. The Labute approximate surface area is 125 Å². The van der Waals surface area contributed by atoms with E-state index in [2.05, 4.69) is 37.5 Å². The van der Waals surface area contributed by atoms with E-state index in [9.17, 15) is 0 Å². The molecule has 1 fully saturated rings. The highest BCUT2D eigenvalue weighted by Crippen LogP contribution is 2.61. The van der Waals surface area contributed by atoms with E-state index in [1.807, 2.05) is 19.9 Å². The fourth-order valence-corrected chi connectivity index (χ4v) is 3.20. The summed E-state index contributed by atoms with van der Waals surface area (Å²) in [7, 11) is 0. The van der Waals surface area contributed by atoms with Gasteiger partial charge in [-0.2, -0.15) is 0 Å². The molecule has 0 spiro atoms. The van der Waals surface area contributed by atoms with Crippen LogP contribution < -0.4 is 5.32 Å². The molecule has 0 bridgehead atoms. The second-order valence-electron chi connectivity index (χ2n) is 5.40. The molecule has 0 amide bonds. The normalized spacial score (nSPS) is 23.8. The molecule has 0 aliphatic heterocycles. The van der Waals surface area contributed by atoms with Crippen LogP contribution in [0.5, 0.6) is 0 Å². The van der Waals surface area contributed by atoms with E-state index in [-0.39, 0.29) is 11.8 Å². The van der Waals surface area contributed by atoms with Crippen LogP contribution in [0, 0.1) is 18.8 Å². The third-order valence-electron chi connectivity index (χ3n) is 3.79. The molecule has 1 aromatic rings. The van der Waals surface area contributed by atoms with E-state index >= 15 is 0 Å². The number of benzene rings is 1. The van der Waals surface area contributed by atoms with Gasteiger partial charge in [0, 0.05) is 23.2 Å². The molecule has 3 heteroatoms. The average molecular weight is 296 g/mol. The van der Waals surface area contributed by atoms with E-state index < -0.39 is 4.33 Å². The van der Waals surface area contributed by atoms with Gasteiger partial charge in [-0.3, -0.25) is 0 Å². The van der Waals surface area contributed by atoms with Gasteiger partial charge in [-0.05, 0) is 37.1 Å². The first-order valence-corrected chi connectivity index (χ1v) is 7.11. The molecule has 1 aliphatic rings. The van der Waals surface area contributed by atoms with Gasteiger partial charge in [-0.15, -0.1) is 23.2 Å². The van der Waals surface area contributed by atoms with Crippen molar-refractivity contribution in [2.45, 2.75) is 25.1 Å². The molecule has 0 saturated heterocycles. The van der Waals surface area contributed by atoms with E-state index in [1.165, 1.54) is 5.56 Å². The Kier molecular flexibility index (Phi) is 3.72. The van der Waals surface area contributed by atoms with Crippen molar-refractivity contribution in [3.05, 3.63) is 48.2 Å². The predicted molar refractivity (Wildman–Crippen MR) is 85.7 cm³/mol. The quantitative estimate of drug-likeness (QED) is 0.734. The maximum absolute atomic E-state index is 6.18. The topological polar surface area (TPSA) is 12.0 Å². The first-order valence-electron chi connectivity index (χ1n) is 6.35. The third-order valence-corrected chi connectivity index (χ3v) is 4.95. The third kappa shape index (κ3) is 2.68. The lowest BCUT2D eigenvalue weighted by Gasteiger charge is -2.13. The Balaban J connectivity index is 2.15. The molecular formula is C16H19Cl2N. The molecule has 2 unspecified atom stereocenters. The first kappa shape index (κ1) is 14.5. The number of allylic oxidation sites excluding steroid dienone is 2. The zero-order valence-electron chi connectivity index (χ0n) is 11.6. The molecule has 2 atom stereocenters. The zero-order valence-corrected chi connectivity index (χ0v) is 13.1. The summed E-state index contributed by atoms with van der Waals surface area (Å²) in [6.45, 7) is 14.2. The minimum Gasteiger partial charge on any atom is -0.359 e. The number of anilines is 1. The summed E-state index contributed by atoms with van der Waals surface area (Å²) in [6, 6.07) is 6.19. The van der Waals surface area contributed by atoms with Crippen molar-refractivity contribution in [1.82, 2.24) is 0 Å². The minimum absolute atomic E-state index is 0.102. The number of rotatable bonds is 4. The fraction of sp³-hybridized carbons (Fsp3) is 0.375. The van der Waals surface area contributed by atoms with Crippen LogP contribution in [0.2, 0.25) is 0 Å². The lowest BCUT2D eigenvalue weighted by atomic mass is 10.0. The summed E-state index contributed by atoms with van der Waals surface area (Å²) in [6.07, 6.45) is 0. The molecule has 1 N–H and O–H groups in total. The molecule has 1 aromatic carbocycles. The van der Waals surface area contributed by atoms with Crippen molar-refractivity contribution in [2.24, 2.45) is 11.8 Å². The van der Waals surface area contributed by atoms with Crippen LogP contribution in [0.3, 0.4) is 0 Å². The second-order valence-corrected chi connectivity index (χ2v) is 6.85. The molecule has 1 aliphatic carbocycles. The maximum Gasteiger partial charge on any atom is 0.130 e. The fourth-order valence-electron chi connectivity index (χ4n) is 2.44. The number of hydrogen-bond donors (Lipinski definition) is 1. The van der Waals surface area contributed by atoms with Gasteiger partial charge >= 0.3 is 0 Å². The summed E-state index contributed by atoms with van der Waals surface area (Å²) in [5.74, 6) is 0.340. The lowest BCUT2D eigenvalue weighted by molar-refractivity contribution is 0.862. The molecule has 102 valence electrons. The number of alkyl halides is 2. The Hall–Kier alpha value is -0.920. The minimum atomic E-state index is -0.675. The van der Waals surface area contributed by atoms with E-state index in [0.29, 0.717) is 0 Å². The zero-order chi connectivity index (χ0) is 14.4. The summed E-state index contributed by atoms with van der Waals surface area (Å²) in [4.78, 5) is 0. The molecular weight excluding hydrogens is 277 g/mol. The highest BCUT2D eigenvalue weighted by atomic mass is 35.5. The Morgan fingerprint density at radius 3 is 2.37 bits per heavy atom. The molecule has 0 aromatic heterocycles. The average Bonchev–Trinajstić information content (AvgIpc) is 2.80. The van der Waals surface area contributed by atoms with E-state index in [0.717, 1.165) is 22.5 Å². The van der Waals surface area contributed by atoms with Gasteiger partial charge in [0.15, 0.2) is 0 Å². The van der Waals surface area contributed by atoms with Gasteiger partial charge in [-0.1, -0.05) is 31.7 Å².